The summed E-state index contributed by atoms with van der Waals surface area (Å²) in [5.74, 6) is 0.555. The fraction of sp³-hybridized carbons (Fsp3) is 0.647. The van der Waals surface area contributed by atoms with E-state index in [1.54, 1.807) is 0 Å². The van der Waals surface area contributed by atoms with E-state index < -0.39 is 10.8 Å². The number of hydrogen-bond donors (Lipinski definition) is 0. The van der Waals surface area contributed by atoms with Gasteiger partial charge in [-0.3, -0.25) is 4.21 Å². The van der Waals surface area contributed by atoms with Crippen molar-refractivity contribution in [2.45, 2.75) is 57.6 Å². The molecule has 120 valence electrons. The van der Waals surface area contributed by atoms with Gasteiger partial charge < -0.3 is 9.47 Å². The maximum atomic E-state index is 12.3. The molecule has 0 fully saturated rings. The topological polar surface area (TPSA) is 35.5 Å². The van der Waals surface area contributed by atoms with E-state index >= 15 is 0 Å². The minimum atomic E-state index is -1.01. The summed E-state index contributed by atoms with van der Waals surface area (Å²) >= 11 is 0. The molecular weight excluding hydrogens is 284 g/mol. The number of benzene rings is 1. The molecule has 0 aliphatic heterocycles. The first-order valence-corrected chi connectivity index (χ1v) is 8.92. The van der Waals surface area contributed by atoms with Gasteiger partial charge in [0.15, 0.2) is 6.29 Å². The first-order valence-electron chi connectivity index (χ1n) is 7.60. The molecule has 4 heteroatoms. The van der Waals surface area contributed by atoms with Crippen molar-refractivity contribution in [3.63, 3.8) is 0 Å². The molecule has 0 amide bonds. The fourth-order valence-corrected chi connectivity index (χ4v) is 3.10. The van der Waals surface area contributed by atoms with Gasteiger partial charge in [0.2, 0.25) is 0 Å². The average Bonchev–Trinajstić information content (AvgIpc) is 2.44. The van der Waals surface area contributed by atoms with Crippen molar-refractivity contribution in [1.29, 1.82) is 0 Å². The molecular formula is C17H28O3S. The Morgan fingerprint density at radius 3 is 2.00 bits per heavy atom. The van der Waals surface area contributed by atoms with E-state index in [0.29, 0.717) is 25.4 Å². The Labute approximate surface area is 131 Å². The largest absolute Gasteiger partial charge is 0.353 e. The summed E-state index contributed by atoms with van der Waals surface area (Å²) in [5, 5.41) is 0. The van der Waals surface area contributed by atoms with Gasteiger partial charge in [-0.25, -0.2) is 0 Å². The third-order valence-electron chi connectivity index (χ3n) is 3.23. The molecule has 0 aliphatic rings. The maximum Gasteiger partial charge on any atom is 0.158 e. The highest BCUT2D eigenvalue weighted by Crippen LogP contribution is 2.23. The third kappa shape index (κ3) is 6.29. The Morgan fingerprint density at radius 1 is 1.05 bits per heavy atom. The van der Waals surface area contributed by atoms with Crippen LogP contribution >= 0.6 is 0 Å². The lowest BCUT2D eigenvalue weighted by Crippen LogP contribution is -2.20. The van der Waals surface area contributed by atoms with Crippen molar-refractivity contribution in [2.75, 3.05) is 19.0 Å². The van der Waals surface area contributed by atoms with Crippen LogP contribution in [0.25, 0.3) is 0 Å². The Bertz CT molecular complexity index is 428. The zero-order valence-corrected chi connectivity index (χ0v) is 14.7. The van der Waals surface area contributed by atoms with Crippen LogP contribution in [0.4, 0.5) is 0 Å². The maximum absolute atomic E-state index is 12.3. The summed E-state index contributed by atoms with van der Waals surface area (Å²) in [5.41, 5.74) is 1.37. The SMILES string of the molecule is CCOC(CCS(=O)c1ccc(C(C)(C)C)cc1)OCC. The first-order chi connectivity index (χ1) is 9.88. The van der Waals surface area contributed by atoms with E-state index in [2.05, 4.69) is 32.9 Å². The first kappa shape index (κ1) is 18.3. The molecule has 0 radical (unpaired) electrons. The Morgan fingerprint density at radius 2 is 1.57 bits per heavy atom. The van der Waals surface area contributed by atoms with Gasteiger partial charge in [0.05, 0.1) is 10.8 Å². The molecule has 1 rings (SSSR count). The second kappa shape index (κ2) is 8.66. The monoisotopic (exact) mass is 312 g/mol. The lowest BCUT2D eigenvalue weighted by molar-refractivity contribution is -0.136. The minimum absolute atomic E-state index is 0.120. The molecule has 0 spiro atoms. The van der Waals surface area contributed by atoms with Crippen molar-refractivity contribution in [1.82, 2.24) is 0 Å². The van der Waals surface area contributed by atoms with Crippen LogP contribution in [-0.2, 0) is 25.7 Å². The summed E-state index contributed by atoms with van der Waals surface area (Å²) in [7, 11) is -1.01. The second-order valence-corrected chi connectivity index (χ2v) is 7.52. The van der Waals surface area contributed by atoms with Gasteiger partial charge in [-0.15, -0.1) is 0 Å². The standard InChI is InChI=1S/C17H28O3S/c1-6-19-16(20-7-2)12-13-21(18)15-10-8-14(9-11-15)17(3,4)5/h8-11,16H,6-7,12-13H2,1-5H3. The highest BCUT2D eigenvalue weighted by atomic mass is 32.2. The summed E-state index contributed by atoms with van der Waals surface area (Å²) in [4.78, 5) is 0.870. The lowest BCUT2D eigenvalue weighted by Gasteiger charge is -2.19. The van der Waals surface area contributed by atoms with Crippen LogP contribution in [0.2, 0.25) is 0 Å². The normalized spacial score (nSPS) is 13.6. The molecule has 0 saturated carbocycles. The molecule has 1 unspecified atom stereocenters. The van der Waals surface area contributed by atoms with E-state index in [1.165, 1.54) is 5.56 Å². The zero-order chi connectivity index (χ0) is 15.9. The molecule has 1 atom stereocenters. The fourth-order valence-electron chi connectivity index (χ4n) is 2.01. The molecule has 0 saturated heterocycles. The number of rotatable bonds is 8. The lowest BCUT2D eigenvalue weighted by atomic mass is 9.87. The molecule has 0 aromatic heterocycles. The summed E-state index contributed by atoms with van der Waals surface area (Å²) in [6, 6.07) is 8.06. The van der Waals surface area contributed by atoms with Gasteiger partial charge >= 0.3 is 0 Å². The van der Waals surface area contributed by atoms with Crippen molar-refractivity contribution < 1.29 is 13.7 Å². The Balaban J connectivity index is 2.59. The summed E-state index contributed by atoms with van der Waals surface area (Å²) in [6.07, 6.45) is 0.396. The highest BCUT2D eigenvalue weighted by Gasteiger charge is 2.15. The Kier molecular flexibility index (Phi) is 7.57. The van der Waals surface area contributed by atoms with Crippen LogP contribution in [0.3, 0.4) is 0 Å². The molecule has 0 heterocycles. The summed E-state index contributed by atoms with van der Waals surface area (Å²) < 4.78 is 23.3. The number of ether oxygens (including phenoxy) is 2. The van der Waals surface area contributed by atoms with Crippen LogP contribution in [0, 0.1) is 0 Å². The predicted molar refractivity (Wildman–Crippen MR) is 88.1 cm³/mol. The molecule has 21 heavy (non-hydrogen) atoms. The second-order valence-electron chi connectivity index (χ2n) is 5.95. The quantitative estimate of drug-likeness (QED) is 0.683. The number of hydrogen-bond acceptors (Lipinski definition) is 3. The molecule has 1 aromatic carbocycles. The van der Waals surface area contributed by atoms with Crippen molar-refractivity contribution in [3.8, 4) is 0 Å². The van der Waals surface area contributed by atoms with Crippen LogP contribution < -0.4 is 0 Å². The van der Waals surface area contributed by atoms with Gasteiger partial charge in [0.1, 0.15) is 0 Å². The van der Waals surface area contributed by atoms with Gasteiger partial charge in [0, 0.05) is 30.3 Å². The third-order valence-corrected chi connectivity index (χ3v) is 4.63. The predicted octanol–water partition coefficient (Wildman–Crippen LogP) is 3.88. The summed E-state index contributed by atoms with van der Waals surface area (Å²) in [6.45, 7) is 11.6. The van der Waals surface area contributed by atoms with E-state index in [4.69, 9.17) is 9.47 Å². The van der Waals surface area contributed by atoms with E-state index in [9.17, 15) is 4.21 Å². The molecule has 0 bridgehead atoms. The Hall–Kier alpha value is -0.710. The van der Waals surface area contributed by atoms with E-state index in [-0.39, 0.29) is 11.7 Å². The molecule has 0 aliphatic carbocycles. The minimum Gasteiger partial charge on any atom is -0.353 e. The van der Waals surface area contributed by atoms with Crippen LogP contribution in [0.15, 0.2) is 29.2 Å². The van der Waals surface area contributed by atoms with Crippen molar-refractivity contribution in [2.24, 2.45) is 0 Å². The van der Waals surface area contributed by atoms with Gasteiger partial charge in [-0.05, 0) is 37.0 Å². The average molecular weight is 312 g/mol. The van der Waals surface area contributed by atoms with Gasteiger partial charge in [-0.1, -0.05) is 32.9 Å². The van der Waals surface area contributed by atoms with Gasteiger partial charge in [-0.2, -0.15) is 0 Å². The van der Waals surface area contributed by atoms with E-state index in [1.807, 2.05) is 26.0 Å². The van der Waals surface area contributed by atoms with Gasteiger partial charge in [0.25, 0.3) is 0 Å². The molecule has 3 nitrogen and oxygen atoms in total. The van der Waals surface area contributed by atoms with Crippen LogP contribution in [0.1, 0.15) is 46.6 Å². The van der Waals surface area contributed by atoms with Crippen molar-refractivity contribution >= 4 is 10.8 Å². The van der Waals surface area contributed by atoms with Crippen LogP contribution in [-0.4, -0.2) is 29.5 Å². The molecule has 1 aromatic rings. The van der Waals surface area contributed by atoms with Crippen LogP contribution in [0.5, 0.6) is 0 Å². The van der Waals surface area contributed by atoms with E-state index in [0.717, 1.165) is 4.90 Å². The highest BCUT2D eigenvalue weighted by molar-refractivity contribution is 7.85. The molecule has 0 N–H and O–H groups in total. The van der Waals surface area contributed by atoms with Crippen molar-refractivity contribution in [3.05, 3.63) is 29.8 Å². The smallest absolute Gasteiger partial charge is 0.158 e. The zero-order valence-electron chi connectivity index (χ0n) is 13.8.